The van der Waals surface area contributed by atoms with E-state index in [9.17, 15) is 29.1 Å². The van der Waals surface area contributed by atoms with Crippen LogP contribution in [0.5, 0.6) is 0 Å². The predicted octanol–water partition coefficient (Wildman–Crippen LogP) is 4.64. The molecule has 0 spiro atoms. The van der Waals surface area contributed by atoms with Gasteiger partial charge in [-0.05, 0) is 73.4 Å². The molecule has 0 amide bonds. The maximum absolute atomic E-state index is 13.8. The number of fused-ring (bicyclic) bond motifs is 3. The fraction of sp³-hybridized carbons (Fsp3) is 0.615. The van der Waals surface area contributed by atoms with Gasteiger partial charge in [-0.25, -0.2) is 4.79 Å². The number of ether oxygens (including phenoxy) is 5. The van der Waals surface area contributed by atoms with Crippen LogP contribution >= 0.6 is 0 Å². The maximum atomic E-state index is 13.8. The van der Waals surface area contributed by atoms with Crippen molar-refractivity contribution in [2.75, 3.05) is 14.1 Å². The van der Waals surface area contributed by atoms with Gasteiger partial charge in [0.15, 0.2) is 18.3 Å². The average molecular weight is 712 g/mol. The minimum absolute atomic E-state index is 0.0610. The zero-order valence-electron chi connectivity index (χ0n) is 31.4. The van der Waals surface area contributed by atoms with Gasteiger partial charge in [0.05, 0.1) is 11.5 Å². The molecular weight excluding hydrogens is 658 g/mol. The van der Waals surface area contributed by atoms with Gasteiger partial charge in [-0.2, -0.15) is 0 Å². The highest BCUT2D eigenvalue weighted by molar-refractivity contribution is 5.76. The Labute approximate surface area is 300 Å². The lowest BCUT2D eigenvalue weighted by molar-refractivity contribution is -0.213. The van der Waals surface area contributed by atoms with Crippen molar-refractivity contribution < 1.29 is 52.8 Å². The van der Waals surface area contributed by atoms with Crippen molar-refractivity contribution in [1.82, 2.24) is 4.90 Å². The third-order valence-electron chi connectivity index (χ3n) is 11.2. The molecule has 0 radical (unpaired) electrons. The summed E-state index contributed by atoms with van der Waals surface area (Å²) < 4.78 is 30.1. The average Bonchev–Trinajstić information content (AvgIpc) is 3.01. The third kappa shape index (κ3) is 7.91. The van der Waals surface area contributed by atoms with E-state index in [4.69, 9.17) is 23.7 Å². The molecule has 1 aromatic rings. The van der Waals surface area contributed by atoms with Gasteiger partial charge in [0, 0.05) is 34.1 Å². The van der Waals surface area contributed by atoms with Crippen molar-refractivity contribution in [3.63, 3.8) is 0 Å². The largest absolute Gasteiger partial charge is 0.462 e. The molecule has 51 heavy (non-hydrogen) atoms. The van der Waals surface area contributed by atoms with Crippen LogP contribution in [0.25, 0.3) is 0 Å². The van der Waals surface area contributed by atoms with E-state index in [0.29, 0.717) is 35.1 Å². The molecule has 4 rings (SSSR count). The van der Waals surface area contributed by atoms with Crippen LogP contribution < -0.4 is 0 Å². The van der Waals surface area contributed by atoms with E-state index in [2.05, 4.69) is 6.58 Å². The zero-order chi connectivity index (χ0) is 38.2. The number of hydrogen-bond donors (Lipinski definition) is 1. The molecule has 2 saturated carbocycles. The first-order valence-corrected chi connectivity index (χ1v) is 17.4. The van der Waals surface area contributed by atoms with Crippen LogP contribution in [0.2, 0.25) is 0 Å². The number of likely N-dealkylation sites (N-methyl/N-ethyl adjacent to an activating group) is 1. The Balaban J connectivity index is 1.88. The van der Waals surface area contributed by atoms with Crippen molar-refractivity contribution in [3.8, 4) is 0 Å². The molecule has 12 nitrogen and oxygen atoms in total. The summed E-state index contributed by atoms with van der Waals surface area (Å²) in [4.78, 5) is 66.3. The van der Waals surface area contributed by atoms with Gasteiger partial charge in [-0.3, -0.25) is 24.1 Å². The van der Waals surface area contributed by atoms with Crippen LogP contribution in [0.3, 0.4) is 0 Å². The number of nitrogens with zero attached hydrogens (tertiary/aromatic N) is 1. The van der Waals surface area contributed by atoms with E-state index >= 15 is 0 Å². The molecule has 3 aliphatic carbocycles. The van der Waals surface area contributed by atoms with Gasteiger partial charge in [-0.15, -0.1) is 0 Å². The summed E-state index contributed by atoms with van der Waals surface area (Å²) >= 11 is 0. The van der Waals surface area contributed by atoms with Crippen LogP contribution in [-0.2, 0) is 47.7 Å². The van der Waals surface area contributed by atoms with E-state index in [1.54, 1.807) is 19.0 Å². The summed E-state index contributed by atoms with van der Waals surface area (Å²) in [7, 11) is 3.50. The molecule has 12 heteroatoms. The highest BCUT2D eigenvalue weighted by Crippen LogP contribution is 2.61. The Morgan fingerprint density at radius 2 is 1.37 bits per heavy atom. The standard InChI is InChI=1S/C39H53NO11/c1-20-28-17-27-18-29(47-22(3)41)21(2)32(38(27,7)8)35(49-24(5)43)36(50-25(6)44)39(28,9)31(48-23(4)42)19-30(20)51-37(46)34(45)33(40(10)11)26-15-13-12-14-16-26/h12-16,27-31,33-36,45H,1,17-19H2,2-11H3/t27-,28-,29+,30+,31+,33+,34-,35-,36+,39+/m1/s1. The molecule has 3 aliphatic rings. The number of carbonyl (C=O) groups is 5. The van der Waals surface area contributed by atoms with E-state index in [0.717, 1.165) is 0 Å². The molecule has 280 valence electrons. The second-order valence-corrected chi connectivity index (χ2v) is 15.2. The Hall–Kier alpha value is -4.03. The Bertz CT molecular complexity index is 1570. The molecular formula is C39H53NO11. The summed E-state index contributed by atoms with van der Waals surface area (Å²) in [5.74, 6) is -4.13. The summed E-state index contributed by atoms with van der Waals surface area (Å²) in [6.07, 6.45) is -5.88. The second kappa shape index (κ2) is 15.3. The van der Waals surface area contributed by atoms with Crippen LogP contribution in [0.4, 0.5) is 0 Å². The normalized spacial score (nSPS) is 31.2. The van der Waals surface area contributed by atoms with Gasteiger partial charge < -0.3 is 28.8 Å². The fourth-order valence-corrected chi connectivity index (χ4v) is 8.87. The number of benzene rings is 1. The smallest absolute Gasteiger partial charge is 0.337 e. The molecule has 0 unspecified atom stereocenters. The molecule has 0 saturated heterocycles. The van der Waals surface area contributed by atoms with Gasteiger partial charge in [0.1, 0.15) is 18.3 Å². The van der Waals surface area contributed by atoms with Crippen LogP contribution in [0.1, 0.15) is 86.3 Å². The van der Waals surface area contributed by atoms with Gasteiger partial charge >= 0.3 is 29.8 Å². The summed E-state index contributed by atoms with van der Waals surface area (Å²) in [5.41, 5.74) is 0.598. The van der Waals surface area contributed by atoms with Crippen molar-refractivity contribution in [3.05, 3.63) is 59.2 Å². The quantitative estimate of drug-likeness (QED) is 0.216. The number of rotatable bonds is 9. The minimum Gasteiger partial charge on any atom is -0.462 e. The van der Waals surface area contributed by atoms with Crippen LogP contribution in [-0.4, -0.2) is 90.6 Å². The minimum atomic E-state index is -1.58. The maximum Gasteiger partial charge on any atom is 0.337 e. The summed E-state index contributed by atoms with van der Waals surface area (Å²) in [5, 5.41) is 11.4. The van der Waals surface area contributed by atoms with Crippen LogP contribution in [0.15, 0.2) is 53.6 Å². The third-order valence-corrected chi connectivity index (χ3v) is 11.2. The Morgan fingerprint density at radius 3 is 1.90 bits per heavy atom. The predicted molar refractivity (Wildman–Crippen MR) is 186 cm³/mol. The lowest BCUT2D eigenvalue weighted by Crippen LogP contribution is -2.64. The molecule has 2 bridgehead atoms. The lowest BCUT2D eigenvalue weighted by Gasteiger charge is -2.59. The summed E-state index contributed by atoms with van der Waals surface area (Å²) in [6, 6.07) is 8.37. The van der Waals surface area contributed by atoms with Crippen LogP contribution in [0, 0.1) is 22.7 Å². The Morgan fingerprint density at radius 1 is 0.804 bits per heavy atom. The molecule has 2 fully saturated rings. The molecule has 1 N–H and O–H groups in total. The first kappa shape index (κ1) is 39.8. The van der Waals surface area contributed by atoms with Crippen molar-refractivity contribution in [2.24, 2.45) is 22.7 Å². The lowest BCUT2D eigenvalue weighted by atomic mass is 9.49. The summed E-state index contributed by atoms with van der Waals surface area (Å²) in [6.45, 7) is 17.2. The number of carbonyl (C=O) groups excluding carboxylic acids is 5. The number of esters is 5. The fourth-order valence-electron chi connectivity index (χ4n) is 8.87. The topological polar surface area (TPSA) is 155 Å². The van der Waals surface area contributed by atoms with Crippen molar-refractivity contribution in [2.45, 2.75) is 117 Å². The first-order valence-electron chi connectivity index (χ1n) is 17.4. The van der Waals surface area contributed by atoms with Gasteiger partial charge in [0.2, 0.25) is 0 Å². The molecule has 1 aromatic carbocycles. The highest BCUT2D eigenvalue weighted by atomic mass is 16.6. The van der Waals surface area contributed by atoms with Crippen molar-refractivity contribution >= 4 is 29.8 Å². The first-order chi connectivity index (χ1) is 23.7. The number of aliphatic hydroxyl groups is 1. The monoisotopic (exact) mass is 711 g/mol. The number of aliphatic hydroxyl groups excluding tert-OH is 1. The molecule has 0 aromatic heterocycles. The van der Waals surface area contributed by atoms with E-state index in [1.165, 1.54) is 27.7 Å². The van der Waals surface area contributed by atoms with E-state index in [-0.39, 0.29) is 12.3 Å². The number of hydrogen-bond acceptors (Lipinski definition) is 12. The molecule has 0 aliphatic heterocycles. The zero-order valence-corrected chi connectivity index (χ0v) is 31.4. The van der Waals surface area contributed by atoms with Crippen molar-refractivity contribution in [1.29, 1.82) is 0 Å². The molecule has 10 atom stereocenters. The SMILES string of the molecule is C=C1[C@@H](OC(=O)[C@H](O)[C@H](c2ccccc2)N(C)C)C[C@H](OC(C)=O)[C@]2(C)[C@@H]1C[C@@H]1C[C@H](OC(C)=O)C(C)=C([C@@H](OC(C)=O)[C@@H]2OC(C)=O)C1(C)C. The second-order valence-electron chi connectivity index (χ2n) is 15.2. The van der Waals surface area contributed by atoms with Gasteiger partial charge in [0.25, 0.3) is 0 Å². The van der Waals surface area contributed by atoms with E-state index < -0.39 is 89.3 Å². The van der Waals surface area contributed by atoms with Gasteiger partial charge in [-0.1, -0.05) is 57.7 Å². The molecule has 0 heterocycles. The van der Waals surface area contributed by atoms with E-state index in [1.807, 2.05) is 58.0 Å². The Kier molecular flexibility index (Phi) is 11.9. The highest BCUT2D eigenvalue weighted by Gasteiger charge is 2.64.